The van der Waals surface area contributed by atoms with Crippen LogP contribution in [0.1, 0.15) is 6.92 Å². The first kappa shape index (κ1) is 11.3. The fourth-order valence-electron chi connectivity index (χ4n) is 0.949. The summed E-state index contributed by atoms with van der Waals surface area (Å²) in [5, 5.41) is 3.09. The third kappa shape index (κ3) is 3.14. The van der Waals surface area contributed by atoms with E-state index >= 15 is 0 Å². The SMILES string of the molecule is CSCC(C)N(C)c1nc(Br)cs1. The third-order valence-corrected chi connectivity index (χ3v) is 4.29. The molecule has 0 saturated carbocycles. The van der Waals surface area contributed by atoms with E-state index in [1.54, 1.807) is 11.3 Å². The van der Waals surface area contributed by atoms with Crippen molar-refractivity contribution >= 4 is 44.2 Å². The van der Waals surface area contributed by atoms with E-state index in [0.717, 1.165) is 15.5 Å². The molecule has 74 valence electrons. The lowest BCUT2D eigenvalue weighted by Gasteiger charge is -2.23. The number of anilines is 1. The van der Waals surface area contributed by atoms with Crippen LogP contribution in [0.5, 0.6) is 0 Å². The highest BCUT2D eigenvalue weighted by Gasteiger charge is 2.12. The van der Waals surface area contributed by atoms with E-state index in [4.69, 9.17) is 0 Å². The minimum Gasteiger partial charge on any atom is -0.348 e. The van der Waals surface area contributed by atoms with Crippen LogP contribution in [-0.2, 0) is 0 Å². The van der Waals surface area contributed by atoms with Crippen LogP contribution in [0.3, 0.4) is 0 Å². The Balaban J connectivity index is 2.61. The summed E-state index contributed by atoms with van der Waals surface area (Å²) in [5.41, 5.74) is 0. The van der Waals surface area contributed by atoms with Crippen molar-refractivity contribution in [2.75, 3.05) is 24.0 Å². The Labute approximate surface area is 95.9 Å². The average Bonchev–Trinajstić information content (AvgIpc) is 2.51. The van der Waals surface area contributed by atoms with E-state index in [1.807, 2.05) is 17.1 Å². The van der Waals surface area contributed by atoms with Gasteiger partial charge < -0.3 is 4.90 Å². The zero-order valence-corrected chi connectivity index (χ0v) is 11.2. The molecule has 0 aromatic carbocycles. The minimum atomic E-state index is 0.535. The molecule has 1 heterocycles. The number of aromatic nitrogens is 1. The molecular formula is C8H13BrN2S2. The molecule has 0 amide bonds. The molecule has 1 aromatic rings. The predicted molar refractivity (Wildman–Crippen MR) is 66.1 cm³/mol. The molecule has 0 spiro atoms. The number of thiazole rings is 1. The van der Waals surface area contributed by atoms with Crippen LogP contribution >= 0.6 is 39.0 Å². The Morgan fingerprint density at radius 2 is 2.46 bits per heavy atom. The zero-order chi connectivity index (χ0) is 9.84. The van der Waals surface area contributed by atoms with Crippen molar-refractivity contribution in [1.29, 1.82) is 0 Å². The van der Waals surface area contributed by atoms with E-state index in [0.29, 0.717) is 6.04 Å². The summed E-state index contributed by atoms with van der Waals surface area (Å²) < 4.78 is 0.927. The van der Waals surface area contributed by atoms with E-state index in [-0.39, 0.29) is 0 Å². The van der Waals surface area contributed by atoms with Crippen LogP contribution in [0, 0.1) is 0 Å². The molecule has 0 aliphatic rings. The molecule has 5 heteroatoms. The minimum absolute atomic E-state index is 0.535. The van der Waals surface area contributed by atoms with Crippen molar-refractivity contribution in [2.45, 2.75) is 13.0 Å². The molecule has 1 unspecified atom stereocenters. The van der Waals surface area contributed by atoms with Gasteiger partial charge >= 0.3 is 0 Å². The Kier molecular flexibility index (Phi) is 4.55. The van der Waals surface area contributed by atoms with Crippen molar-refractivity contribution in [3.8, 4) is 0 Å². The lowest BCUT2D eigenvalue weighted by Crippen LogP contribution is -2.30. The summed E-state index contributed by atoms with van der Waals surface area (Å²) in [7, 11) is 2.09. The van der Waals surface area contributed by atoms with Crippen molar-refractivity contribution in [1.82, 2.24) is 4.98 Å². The standard InChI is InChI=1S/C8H13BrN2S2/c1-6(4-12-3)11(2)8-10-7(9)5-13-8/h5-6H,4H2,1-3H3. The molecule has 13 heavy (non-hydrogen) atoms. The van der Waals surface area contributed by atoms with E-state index in [1.165, 1.54) is 0 Å². The maximum Gasteiger partial charge on any atom is 0.186 e. The monoisotopic (exact) mass is 280 g/mol. The fourth-order valence-corrected chi connectivity index (χ4v) is 2.97. The first-order valence-electron chi connectivity index (χ1n) is 3.98. The van der Waals surface area contributed by atoms with Crippen LogP contribution < -0.4 is 4.90 Å². The average molecular weight is 281 g/mol. The lowest BCUT2D eigenvalue weighted by atomic mass is 10.4. The van der Waals surface area contributed by atoms with Crippen LogP contribution in [0.25, 0.3) is 0 Å². The van der Waals surface area contributed by atoms with Gasteiger partial charge in [-0.1, -0.05) is 0 Å². The van der Waals surface area contributed by atoms with Gasteiger partial charge in [-0.15, -0.1) is 11.3 Å². The largest absolute Gasteiger partial charge is 0.348 e. The molecule has 0 bridgehead atoms. The van der Waals surface area contributed by atoms with Crippen molar-refractivity contribution < 1.29 is 0 Å². The summed E-state index contributed by atoms with van der Waals surface area (Å²) in [5.74, 6) is 1.13. The van der Waals surface area contributed by atoms with E-state index in [9.17, 15) is 0 Å². The second-order valence-electron chi connectivity index (χ2n) is 2.87. The maximum atomic E-state index is 4.37. The Bertz CT molecular complexity index is 264. The van der Waals surface area contributed by atoms with Gasteiger partial charge in [0.05, 0.1) is 0 Å². The highest BCUT2D eigenvalue weighted by Crippen LogP contribution is 2.24. The summed E-state index contributed by atoms with van der Waals surface area (Å²) in [4.78, 5) is 6.58. The molecule has 0 aliphatic carbocycles. The summed E-state index contributed by atoms with van der Waals surface area (Å²) in [6.07, 6.45) is 2.13. The second kappa shape index (κ2) is 5.22. The lowest BCUT2D eigenvalue weighted by molar-refractivity contribution is 0.761. The number of nitrogens with zero attached hydrogens (tertiary/aromatic N) is 2. The van der Waals surface area contributed by atoms with Gasteiger partial charge in [-0.05, 0) is 29.1 Å². The van der Waals surface area contributed by atoms with Gasteiger partial charge in [0.2, 0.25) is 0 Å². The van der Waals surface area contributed by atoms with Gasteiger partial charge in [-0.2, -0.15) is 11.8 Å². The highest BCUT2D eigenvalue weighted by molar-refractivity contribution is 9.10. The molecule has 1 aromatic heterocycles. The predicted octanol–water partition coefficient (Wildman–Crippen LogP) is 3.09. The van der Waals surface area contributed by atoms with Gasteiger partial charge in [-0.25, -0.2) is 4.98 Å². The smallest absolute Gasteiger partial charge is 0.186 e. The molecule has 0 N–H and O–H groups in total. The fraction of sp³-hybridized carbons (Fsp3) is 0.625. The molecular weight excluding hydrogens is 268 g/mol. The van der Waals surface area contributed by atoms with Crippen LogP contribution in [0.4, 0.5) is 5.13 Å². The molecule has 1 atom stereocenters. The number of thioether (sulfide) groups is 1. The summed E-state index contributed by atoms with van der Waals surface area (Å²) in [6, 6.07) is 0.535. The number of hydrogen-bond donors (Lipinski definition) is 0. The van der Waals surface area contributed by atoms with Crippen LogP contribution in [0.2, 0.25) is 0 Å². The molecule has 0 radical (unpaired) electrons. The van der Waals surface area contributed by atoms with E-state index in [2.05, 4.69) is 46.0 Å². The molecule has 1 rings (SSSR count). The van der Waals surface area contributed by atoms with Crippen LogP contribution in [0.15, 0.2) is 9.98 Å². The third-order valence-electron chi connectivity index (χ3n) is 1.83. The summed E-state index contributed by atoms with van der Waals surface area (Å²) >= 11 is 6.89. The molecule has 0 aliphatic heterocycles. The van der Waals surface area contributed by atoms with Gasteiger partial charge in [0.25, 0.3) is 0 Å². The van der Waals surface area contributed by atoms with Gasteiger partial charge in [0.1, 0.15) is 4.60 Å². The van der Waals surface area contributed by atoms with Crippen molar-refractivity contribution in [3.05, 3.63) is 9.98 Å². The number of rotatable bonds is 4. The van der Waals surface area contributed by atoms with Gasteiger partial charge in [0, 0.05) is 24.2 Å². The highest BCUT2D eigenvalue weighted by atomic mass is 79.9. The molecule has 0 saturated heterocycles. The Hall–Kier alpha value is 0.260. The first-order valence-corrected chi connectivity index (χ1v) is 7.04. The maximum absolute atomic E-state index is 4.37. The number of halogens is 1. The molecule has 0 fully saturated rings. The Morgan fingerprint density at radius 1 is 1.77 bits per heavy atom. The van der Waals surface area contributed by atoms with Gasteiger partial charge in [0.15, 0.2) is 5.13 Å². The second-order valence-corrected chi connectivity index (χ2v) is 5.43. The zero-order valence-electron chi connectivity index (χ0n) is 7.95. The van der Waals surface area contributed by atoms with Crippen LogP contribution in [-0.4, -0.2) is 30.1 Å². The quantitative estimate of drug-likeness (QED) is 0.843. The first-order chi connectivity index (χ1) is 6.15. The normalized spacial score (nSPS) is 12.9. The summed E-state index contributed by atoms with van der Waals surface area (Å²) in [6.45, 7) is 2.21. The topological polar surface area (TPSA) is 16.1 Å². The van der Waals surface area contributed by atoms with E-state index < -0.39 is 0 Å². The Morgan fingerprint density at radius 3 is 2.92 bits per heavy atom. The molecule has 2 nitrogen and oxygen atoms in total. The number of hydrogen-bond acceptors (Lipinski definition) is 4. The van der Waals surface area contributed by atoms with Crippen molar-refractivity contribution in [2.24, 2.45) is 0 Å². The van der Waals surface area contributed by atoms with Crippen molar-refractivity contribution in [3.63, 3.8) is 0 Å². The van der Waals surface area contributed by atoms with Gasteiger partial charge in [-0.3, -0.25) is 0 Å².